The number of amides is 1. The molecule has 0 aromatic rings. The smallest absolute Gasteiger partial charge is 0.237 e. The van der Waals surface area contributed by atoms with E-state index in [1.807, 2.05) is 6.92 Å². The maximum atomic E-state index is 11.9. The van der Waals surface area contributed by atoms with Crippen LogP contribution in [-0.2, 0) is 4.79 Å². The first-order chi connectivity index (χ1) is 7.56. The number of hydrogen-bond donors (Lipinski definition) is 2. The molecule has 0 aromatic carbocycles. The molecule has 1 saturated carbocycles. The van der Waals surface area contributed by atoms with Gasteiger partial charge in [0.1, 0.15) is 0 Å². The zero-order chi connectivity index (χ0) is 12.1. The van der Waals surface area contributed by atoms with E-state index in [1.54, 1.807) is 0 Å². The molecule has 1 unspecified atom stereocenters. The Bertz CT molecular complexity index is 226. The van der Waals surface area contributed by atoms with Gasteiger partial charge in [0.2, 0.25) is 5.91 Å². The number of nitrogens with zero attached hydrogens (tertiary/aromatic N) is 1. The van der Waals surface area contributed by atoms with E-state index in [4.69, 9.17) is 5.73 Å². The molecular formula is C12H25N3O. The number of rotatable bonds is 7. The largest absolute Gasteiger partial charge is 0.352 e. The van der Waals surface area contributed by atoms with Crippen molar-refractivity contribution in [2.45, 2.75) is 58.2 Å². The number of nitrogens with one attached hydrogen (secondary N) is 1. The second kappa shape index (κ2) is 6.21. The maximum Gasteiger partial charge on any atom is 0.237 e. The molecule has 1 fully saturated rings. The molecule has 94 valence electrons. The summed E-state index contributed by atoms with van der Waals surface area (Å²) in [6.45, 7) is 7.80. The van der Waals surface area contributed by atoms with Crippen LogP contribution in [0.5, 0.6) is 0 Å². The van der Waals surface area contributed by atoms with Crippen LogP contribution >= 0.6 is 0 Å². The first kappa shape index (κ1) is 13.5. The monoisotopic (exact) mass is 227 g/mol. The van der Waals surface area contributed by atoms with Crippen molar-refractivity contribution in [3.05, 3.63) is 0 Å². The zero-order valence-corrected chi connectivity index (χ0v) is 10.7. The van der Waals surface area contributed by atoms with Crippen LogP contribution in [0, 0.1) is 0 Å². The molecule has 16 heavy (non-hydrogen) atoms. The zero-order valence-electron chi connectivity index (χ0n) is 10.7. The first-order valence-corrected chi connectivity index (χ1v) is 6.32. The van der Waals surface area contributed by atoms with Gasteiger partial charge < -0.3 is 11.1 Å². The second-order valence-corrected chi connectivity index (χ2v) is 4.93. The van der Waals surface area contributed by atoms with Gasteiger partial charge in [-0.25, -0.2) is 0 Å². The highest BCUT2D eigenvalue weighted by Gasteiger charge is 2.28. The lowest BCUT2D eigenvalue weighted by Gasteiger charge is -2.31. The minimum Gasteiger partial charge on any atom is -0.352 e. The molecule has 0 aliphatic heterocycles. The number of carbonyl (C=O) groups is 1. The van der Waals surface area contributed by atoms with Crippen molar-refractivity contribution in [2.24, 2.45) is 5.73 Å². The Morgan fingerprint density at radius 1 is 1.44 bits per heavy atom. The predicted molar refractivity (Wildman–Crippen MR) is 66.1 cm³/mol. The van der Waals surface area contributed by atoms with Crippen LogP contribution < -0.4 is 11.1 Å². The average molecular weight is 227 g/mol. The van der Waals surface area contributed by atoms with Crippen molar-refractivity contribution in [2.75, 3.05) is 13.1 Å². The van der Waals surface area contributed by atoms with Gasteiger partial charge in [-0.1, -0.05) is 0 Å². The molecule has 4 nitrogen and oxygen atoms in total. The summed E-state index contributed by atoms with van der Waals surface area (Å²) in [6, 6.07) is 0.775. The Balaban J connectivity index is 2.43. The van der Waals surface area contributed by atoms with Crippen molar-refractivity contribution in [1.29, 1.82) is 0 Å². The third-order valence-corrected chi connectivity index (χ3v) is 3.08. The lowest BCUT2D eigenvalue weighted by molar-refractivity contribution is -0.126. The Morgan fingerprint density at radius 2 is 2.06 bits per heavy atom. The summed E-state index contributed by atoms with van der Waals surface area (Å²) in [6.07, 6.45) is 3.23. The summed E-state index contributed by atoms with van der Waals surface area (Å²) in [5.74, 6) is 0.160. The fourth-order valence-corrected chi connectivity index (χ4v) is 1.87. The highest BCUT2D eigenvalue weighted by atomic mass is 16.2. The molecule has 0 saturated heterocycles. The van der Waals surface area contributed by atoms with E-state index in [0.717, 1.165) is 25.8 Å². The van der Waals surface area contributed by atoms with Crippen molar-refractivity contribution in [3.63, 3.8) is 0 Å². The molecule has 0 bridgehead atoms. The summed E-state index contributed by atoms with van der Waals surface area (Å²) in [5, 5.41) is 3.05. The maximum absolute atomic E-state index is 11.9. The van der Waals surface area contributed by atoms with E-state index in [-0.39, 0.29) is 11.9 Å². The molecule has 1 aliphatic carbocycles. The van der Waals surface area contributed by atoms with Gasteiger partial charge in [-0.15, -0.1) is 0 Å². The summed E-state index contributed by atoms with van der Waals surface area (Å²) in [4.78, 5) is 14.1. The quantitative estimate of drug-likeness (QED) is 0.673. The molecule has 4 heteroatoms. The average Bonchev–Trinajstić information content (AvgIpc) is 3.01. The molecule has 1 atom stereocenters. The molecule has 0 spiro atoms. The van der Waals surface area contributed by atoms with E-state index in [9.17, 15) is 4.79 Å². The highest BCUT2D eigenvalue weighted by molar-refractivity contribution is 5.81. The Labute approximate surface area is 98.6 Å². The van der Waals surface area contributed by atoms with Crippen molar-refractivity contribution < 1.29 is 4.79 Å². The van der Waals surface area contributed by atoms with Crippen LogP contribution in [0.1, 0.15) is 40.0 Å². The Morgan fingerprint density at radius 3 is 2.50 bits per heavy atom. The van der Waals surface area contributed by atoms with Crippen LogP contribution in [0.4, 0.5) is 0 Å². The van der Waals surface area contributed by atoms with Crippen molar-refractivity contribution >= 4 is 5.91 Å². The molecule has 0 aromatic heterocycles. The topological polar surface area (TPSA) is 58.4 Å². The predicted octanol–water partition coefficient (Wildman–Crippen LogP) is 0.713. The van der Waals surface area contributed by atoms with Crippen molar-refractivity contribution in [3.8, 4) is 0 Å². The summed E-state index contributed by atoms with van der Waals surface area (Å²) >= 11 is 0. The number of carbonyl (C=O) groups excluding carboxylic acids is 1. The van der Waals surface area contributed by atoms with Gasteiger partial charge in [0.15, 0.2) is 0 Å². The number of nitrogens with two attached hydrogens (primary N) is 1. The van der Waals surface area contributed by atoms with Crippen LogP contribution in [0.2, 0.25) is 0 Å². The van der Waals surface area contributed by atoms with E-state index >= 15 is 0 Å². The lowest BCUT2D eigenvalue weighted by Crippen LogP contribution is -2.49. The highest BCUT2D eigenvalue weighted by Crippen LogP contribution is 2.19. The summed E-state index contributed by atoms with van der Waals surface area (Å²) in [7, 11) is 0. The molecule has 1 rings (SSSR count). The van der Waals surface area contributed by atoms with E-state index in [0.29, 0.717) is 18.6 Å². The minimum atomic E-state index is -0.0489. The van der Waals surface area contributed by atoms with Gasteiger partial charge in [-0.05, 0) is 46.6 Å². The normalized spacial score (nSPS) is 17.9. The second-order valence-electron chi connectivity index (χ2n) is 4.93. The van der Waals surface area contributed by atoms with Crippen LogP contribution in [-0.4, -0.2) is 42.0 Å². The standard InChI is InChI=1S/C12H25N3O/c1-9(2)15(8-4-7-13)10(3)12(16)14-11-5-6-11/h9-11H,4-8,13H2,1-3H3,(H,14,16). The van der Waals surface area contributed by atoms with Crippen LogP contribution in [0.3, 0.4) is 0 Å². The van der Waals surface area contributed by atoms with Gasteiger partial charge >= 0.3 is 0 Å². The SMILES string of the molecule is CC(C)N(CCCN)C(C)C(=O)NC1CC1. The molecule has 0 heterocycles. The van der Waals surface area contributed by atoms with Gasteiger partial charge in [0, 0.05) is 18.6 Å². The molecule has 0 radical (unpaired) electrons. The third-order valence-electron chi connectivity index (χ3n) is 3.08. The minimum absolute atomic E-state index is 0.0489. The van der Waals surface area contributed by atoms with Gasteiger partial charge in [-0.2, -0.15) is 0 Å². The van der Waals surface area contributed by atoms with Crippen molar-refractivity contribution in [1.82, 2.24) is 10.2 Å². The van der Waals surface area contributed by atoms with Gasteiger partial charge in [0.25, 0.3) is 0 Å². The molecule has 3 N–H and O–H groups in total. The molecule has 1 aliphatic rings. The fraction of sp³-hybridized carbons (Fsp3) is 0.917. The molecular weight excluding hydrogens is 202 g/mol. The Kier molecular flexibility index (Phi) is 5.22. The lowest BCUT2D eigenvalue weighted by atomic mass is 10.2. The van der Waals surface area contributed by atoms with Crippen LogP contribution in [0.25, 0.3) is 0 Å². The summed E-state index contributed by atoms with van der Waals surface area (Å²) in [5.41, 5.74) is 5.52. The summed E-state index contributed by atoms with van der Waals surface area (Å²) < 4.78 is 0. The molecule has 1 amide bonds. The Hall–Kier alpha value is -0.610. The fourth-order valence-electron chi connectivity index (χ4n) is 1.87. The number of hydrogen-bond acceptors (Lipinski definition) is 3. The van der Waals surface area contributed by atoms with E-state index < -0.39 is 0 Å². The van der Waals surface area contributed by atoms with Gasteiger partial charge in [0.05, 0.1) is 6.04 Å². The van der Waals surface area contributed by atoms with Crippen LogP contribution in [0.15, 0.2) is 0 Å². The van der Waals surface area contributed by atoms with E-state index in [1.165, 1.54) is 0 Å². The van der Waals surface area contributed by atoms with Gasteiger partial charge in [-0.3, -0.25) is 9.69 Å². The van der Waals surface area contributed by atoms with E-state index in [2.05, 4.69) is 24.1 Å². The third kappa shape index (κ3) is 4.10. The first-order valence-electron chi connectivity index (χ1n) is 6.32.